The summed E-state index contributed by atoms with van der Waals surface area (Å²) >= 11 is 0. The van der Waals surface area contributed by atoms with E-state index >= 15 is 0 Å². The van der Waals surface area contributed by atoms with Gasteiger partial charge in [-0.3, -0.25) is 0 Å². The van der Waals surface area contributed by atoms with Gasteiger partial charge in [-0.15, -0.1) is 0 Å². The normalized spacial score (nSPS) is 11.7. The van der Waals surface area contributed by atoms with Crippen LogP contribution in [0.25, 0.3) is 0 Å². The van der Waals surface area contributed by atoms with Gasteiger partial charge in [0.05, 0.1) is 5.56 Å². The zero-order valence-corrected chi connectivity index (χ0v) is 20.0. The highest BCUT2D eigenvalue weighted by atomic mass is 16.5. The van der Waals surface area contributed by atoms with Gasteiger partial charge in [0.15, 0.2) is 0 Å². The molecule has 4 heteroatoms. The first kappa shape index (κ1) is 26.3. The number of ether oxygens (including phenoxy) is 2. The SMILES string of the molecule is CC(C)=CCCC(C)=CCOc1cc(OCC=C(C)CCC=C(C)C)cc(C(=O)O)c1. The summed E-state index contributed by atoms with van der Waals surface area (Å²) in [7, 11) is 0. The molecule has 0 fully saturated rings. The van der Waals surface area contributed by atoms with Gasteiger partial charge in [0, 0.05) is 6.07 Å². The van der Waals surface area contributed by atoms with E-state index in [1.807, 2.05) is 12.2 Å². The molecule has 0 aliphatic rings. The summed E-state index contributed by atoms with van der Waals surface area (Å²) in [4.78, 5) is 11.5. The summed E-state index contributed by atoms with van der Waals surface area (Å²) in [5.74, 6) is -0.0165. The van der Waals surface area contributed by atoms with E-state index in [1.165, 1.54) is 34.4 Å². The van der Waals surface area contributed by atoms with Crippen molar-refractivity contribution in [2.75, 3.05) is 13.2 Å². The molecule has 31 heavy (non-hydrogen) atoms. The predicted molar refractivity (Wildman–Crippen MR) is 129 cm³/mol. The molecule has 0 aromatic heterocycles. The Morgan fingerprint density at radius 2 is 1.16 bits per heavy atom. The Hall–Kier alpha value is -2.75. The van der Waals surface area contributed by atoms with Crippen LogP contribution in [0.5, 0.6) is 11.5 Å². The molecule has 1 rings (SSSR count). The number of hydrogen-bond acceptors (Lipinski definition) is 3. The molecular weight excluding hydrogens is 388 g/mol. The van der Waals surface area contributed by atoms with E-state index in [4.69, 9.17) is 9.47 Å². The van der Waals surface area contributed by atoms with E-state index in [9.17, 15) is 9.90 Å². The molecule has 0 spiro atoms. The predicted octanol–water partition coefficient (Wildman–Crippen LogP) is 7.53. The molecule has 1 N–H and O–H groups in total. The number of aromatic carboxylic acids is 1. The van der Waals surface area contributed by atoms with Crippen molar-refractivity contribution in [1.29, 1.82) is 0 Å². The van der Waals surface area contributed by atoms with Crippen LogP contribution in [0, 0.1) is 0 Å². The Labute approximate surface area is 188 Å². The fraction of sp³-hybridized carbons (Fsp3) is 0.444. The second-order valence-corrected chi connectivity index (χ2v) is 8.36. The summed E-state index contributed by atoms with van der Waals surface area (Å²) in [6, 6.07) is 4.80. The van der Waals surface area contributed by atoms with Gasteiger partial charge in [0.25, 0.3) is 0 Å². The van der Waals surface area contributed by atoms with Gasteiger partial charge in [0.1, 0.15) is 24.7 Å². The molecule has 0 amide bonds. The Morgan fingerprint density at radius 1 is 0.742 bits per heavy atom. The topological polar surface area (TPSA) is 55.8 Å². The molecule has 1 aromatic carbocycles. The minimum Gasteiger partial charge on any atom is -0.489 e. The third kappa shape index (κ3) is 12.5. The zero-order valence-electron chi connectivity index (χ0n) is 20.0. The van der Waals surface area contributed by atoms with Crippen molar-refractivity contribution in [3.05, 3.63) is 70.4 Å². The van der Waals surface area contributed by atoms with Crippen LogP contribution in [0.4, 0.5) is 0 Å². The second-order valence-electron chi connectivity index (χ2n) is 8.36. The average molecular weight is 427 g/mol. The highest BCUT2D eigenvalue weighted by Crippen LogP contribution is 2.24. The van der Waals surface area contributed by atoms with Crippen molar-refractivity contribution in [3.63, 3.8) is 0 Å². The largest absolute Gasteiger partial charge is 0.489 e. The summed E-state index contributed by atoms with van der Waals surface area (Å²) in [5, 5.41) is 9.40. The van der Waals surface area contributed by atoms with E-state index in [1.54, 1.807) is 6.07 Å². The van der Waals surface area contributed by atoms with Crippen molar-refractivity contribution in [1.82, 2.24) is 0 Å². The third-order valence-electron chi connectivity index (χ3n) is 4.67. The van der Waals surface area contributed by atoms with E-state index in [0.717, 1.165) is 25.7 Å². The highest BCUT2D eigenvalue weighted by Gasteiger charge is 2.09. The van der Waals surface area contributed by atoms with Crippen molar-refractivity contribution >= 4 is 5.97 Å². The van der Waals surface area contributed by atoms with E-state index in [0.29, 0.717) is 24.7 Å². The van der Waals surface area contributed by atoms with Crippen molar-refractivity contribution in [2.45, 2.75) is 67.2 Å². The summed E-state index contributed by atoms with van der Waals surface area (Å²) in [6.45, 7) is 13.3. The average Bonchev–Trinajstić information content (AvgIpc) is 2.67. The molecule has 1 aromatic rings. The first-order valence-corrected chi connectivity index (χ1v) is 10.9. The molecule has 0 heterocycles. The van der Waals surface area contributed by atoms with Crippen molar-refractivity contribution in [3.8, 4) is 11.5 Å². The fourth-order valence-corrected chi connectivity index (χ4v) is 2.80. The smallest absolute Gasteiger partial charge is 0.335 e. The number of hydrogen-bond donors (Lipinski definition) is 1. The molecule has 4 nitrogen and oxygen atoms in total. The van der Waals surface area contributed by atoms with Gasteiger partial charge in [-0.2, -0.15) is 0 Å². The molecule has 0 aliphatic heterocycles. The number of carboxylic acid groups (broad SMARTS) is 1. The van der Waals surface area contributed by atoms with Crippen LogP contribution in [-0.2, 0) is 0 Å². The van der Waals surface area contributed by atoms with E-state index < -0.39 is 5.97 Å². The van der Waals surface area contributed by atoms with Crippen LogP contribution in [0.15, 0.2) is 64.8 Å². The Morgan fingerprint density at radius 3 is 1.52 bits per heavy atom. The third-order valence-corrected chi connectivity index (χ3v) is 4.67. The molecule has 0 radical (unpaired) electrons. The van der Waals surface area contributed by atoms with Crippen LogP contribution in [0.3, 0.4) is 0 Å². The standard InChI is InChI=1S/C27H38O4/c1-20(2)9-7-11-22(5)13-15-30-25-17-24(27(28)29)18-26(19-25)31-16-14-23(6)12-8-10-21(3)4/h9-10,13-14,17-19H,7-8,11-12,15-16H2,1-6H3,(H,28,29). The lowest BCUT2D eigenvalue weighted by Gasteiger charge is -2.10. The number of allylic oxidation sites excluding steroid dienone is 6. The highest BCUT2D eigenvalue weighted by molar-refractivity contribution is 5.88. The zero-order chi connectivity index (χ0) is 23.2. The Kier molecular flexibility index (Phi) is 12.1. The van der Waals surface area contributed by atoms with Crippen LogP contribution in [0.2, 0.25) is 0 Å². The molecule has 0 bridgehead atoms. The molecule has 0 saturated carbocycles. The lowest BCUT2D eigenvalue weighted by Crippen LogP contribution is -2.02. The van der Waals surface area contributed by atoms with Crippen LogP contribution in [0.1, 0.15) is 77.6 Å². The lowest BCUT2D eigenvalue weighted by molar-refractivity contribution is 0.0696. The van der Waals surface area contributed by atoms with Crippen LogP contribution < -0.4 is 9.47 Å². The van der Waals surface area contributed by atoms with Gasteiger partial charge in [-0.05, 0) is 91.5 Å². The maximum atomic E-state index is 11.5. The summed E-state index contributed by atoms with van der Waals surface area (Å²) in [6.07, 6.45) is 12.5. The van der Waals surface area contributed by atoms with Gasteiger partial charge in [-0.25, -0.2) is 4.79 Å². The minimum absolute atomic E-state index is 0.154. The number of carboxylic acids is 1. The maximum absolute atomic E-state index is 11.5. The van der Waals surface area contributed by atoms with Gasteiger partial charge in [0.2, 0.25) is 0 Å². The monoisotopic (exact) mass is 426 g/mol. The molecule has 0 aliphatic carbocycles. The Balaban J connectivity index is 2.69. The van der Waals surface area contributed by atoms with Crippen molar-refractivity contribution < 1.29 is 19.4 Å². The minimum atomic E-state index is -1.00. The first-order valence-electron chi connectivity index (χ1n) is 10.9. The molecule has 0 atom stereocenters. The van der Waals surface area contributed by atoms with Crippen molar-refractivity contribution in [2.24, 2.45) is 0 Å². The number of benzene rings is 1. The maximum Gasteiger partial charge on any atom is 0.335 e. The quantitative estimate of drug-likeness (QED) is 0.331. The summed E-state index contributed by atoms with van der Waals surface area (Å²) < 4.78 is 11.6. The Bertz CT molecular complexity index is 773. The summed E-state index contributed by atoms with van der Waals surface area (Å²) in [5.41, 5.74) is 5.29. The van der Waals surface area contributed by atoms with Gasteiger partial charge < -0.3 is 14.6 Å². The van der Waals surface area contributed by atoms with Crippen LogP contribution >= 0.6 is 0 Å². The molecular formula is C27H38O4. The van der Waals surface area contributed by atoms with Gasteiger partial charge in [-0.1, -0.05) is 34.4 Å². The molecule has 170 valence electrons. The molecule has 0 saturated heterocycles. The second kappa shape index (κ2) is 14.3. The fourth-order valence-electron chi connectivity index (χ4n) is 2.80. The van der Waals surface area contributed by atoms with E-state index in [2.05, 4.69) is 53.7 Å². The first-order chi connectivity index (χ1) is 14.7. The van der Waals surface area contributed by atoms with Gasteiger partial charge >= 0.3 is 5.97 Å². The lowest BCUT2D eigenvalue weighted by atomic mass is 10.1. The van der Waals surface area contributed by atoms with Crippen LogP contribution in [-0.4, -0.2) is 24.3 Å². The number of carbonyl (C=O) groups is 1. The van der Waals surface area contributed by atoms with E-state index in [-0.39, 0.29) is 5.56 Å². The number of rotatable bonds is 13. The molecule has 0 unspecified atom stereocenters.